The Labute approximate surface area is 103 Å². The van der Waals surface area contributed by atoms with Crippen molar-refractivity contribution in [1.82, 2.24) is 0 Å². The van der Waals surface area contributed by atoms with Gasteiger partial charge < -0.3 is 13.3 Å². The predicted molar refractivity (Wildman–Crippen MR) is 73.4 cm³/mol. The summed E-state index contributed by atoms with van der Waals surface area (Å²) in [7, 11) is -3.79. The van der Waals surface area contributed by atoms with Gasteiger partial charge in [0.1, 0.15) is 0 Å². The molecule has 5 heteroatoms. The summed E-state index contributed by atoms with van der Waals surface area (Å²) in [6, 6.07) is 0. The molecule has 0 N–H and O–H groups in total. The predicted octanol–water partition coefficient (Wildman–Crippen LogP) is 3.30. The van der Waals surface area contributed by atoms with E-state index in [2.05, 4.69) is 26.6 Å². The van der Waals surface area contributed by atoms with Crippen LogP contribution >= 0.6 is 0 Å². The highest BCUT2D eigenvalue weighted by Crippen LogP contribution is 2.34. The molecule has 1 unspecified atom stereocenters. The number of hydrogen-bond acceptors (Lipinski definition) is 3. The van der Waals surface area contributed by atoms with Crippen LogP contribution in [0.1, 0.15) is 27.7 Å². The van der Waals surface area contributed by atoms with E-state index >= 15 is 0 Å². The lowest BCUT2D eigenvalue weighted by molar-refractivity contribution is 0.0685. The summed E-state index contributed by atoms with van der Waals surface area (Å²) in [5.74, 6) is 0. The third kappa shape index (κ3) is 4.29. The van der Waals surface area contributed by atoms with Crippen LogP contribution in [0.15, 0.2) is 0 Å². The standard InChI is InChI=1S/C11H28O3Si2/c1-8-12-16(13-9-2,14-10-3)11(4)15(5,6)7/h11H,8-10H2,1-7H3. The summed E-state index contributed by atoms with van der Waals surface area (Å²) in [5.41, 5.74) is 0. The molecule has 0 aliphatic heterocycles. The zero-order valence-electron chi connectivity index (χ0n) is 11.9. The van der Waals surface area contributed by atoms with Gasteiger partial charge in [0.25, 0.3) is 0 Å². The number of rotatable bonds is 8. The highest BCUT2D eigenvalue weighted by molar-refractivity contribution is 6.90. The minimum Gasteiger partial charge on any atom is -0.374 e. The largest absolute Gasteiger partial charge is 0.501 e. The monoisotopic (exact) mass is 264 g/mol. The van der Waals surface area contributed by atoms with Gasteiger partial charge in [0.05, 0.1) is 8.07 Å². The van der Waals surface area contributed by atoms with E-state index in [9.17, 15) is 0 Å². The van der Waals surface area contributed by atoms with Crippen LogP contribution in [-0.4, -0.2) is 36.7 Å². The molecule has 0 aromatic heterocycles. The van der Waals surface area contributed by atoms with Gasteiger partial charge in [0.2, 0.25) is 0 Å². The first-order valence-electron chi connectivity index (χ1n) is 6.25. The Morgan fingerprint density at radius 3 is 1.31 bits per heavy atom. The van der Waals surface area contributed by atoms with Crippen molar-refractivity contribution in [1.29, 1.82) is 0 Å². The minimum atomic E-state index is -2.47. The molecule has 0 aliphatic rings. The maximum atomic E-state index is 5.93. The van der Waals surface area contributed by atoms with Crippen LogP contribution in [-0.2, 0) is 13.3 Å². The molecular weight excluding hydrogens is 236 g/mol. The lowest BCUT2D eigenvalue weighted by atomic mass is 10.9. The van der Waals surface area contributed by atoms with Gasteiger partial charge in [-0.3, -0.25) is 0 Å². The molecule has 0 bridgehead atoms. The zero-order valence-corrected chi connectivity index (χ0v) is 13.9. The van der Waals surface area contributed by atoms with Crippen molar-refractivity contribution >= 4 is 16.9 Å². The highest BCUT2D eigenvalue weighted by atomic mass is 28.4. The van der Waals surface area contributed by atoms with Gasteiger partial charge in [-0.1, -0.05) is 26.6 Å². The zero-order chi connectivity index (χ0) is 12.8. The highest BCUT2D eigenvalue weighted by Gasteiger charge is 2.51. The first-order chi connectivity index (χ1) is 7.34. The van der Waals surface area contributed by atoms with E-state index < -0.39 is 16.9 Å². The molecule has 0 rings (SSSR count). The first-order valence-corrected chi connectivity index (χ1v) is 11.6. The molecule has 1 atom stereocenters. The smallest absolute Gasteiger partial charge is 0.374 e. The van der Waals surface area contributed by atoms with Crippen molar-refractivity contribution in [2.75, 3.05) is 19.8 Å². The van der Waals surface area contributed by atoms with Crippen LogP contribution in [0.4, 0.5) is 0 Å². The Bertz CT molecular complexity index is 175. The van der Waals surface area contributed by atoms with Crippen molar-refractivity contribution in [3.05, 3.63) is 0 Å². The van der Waals surface area contributed by atoms with Crippen LogP contribution in [0, 0.1) is 0 Å². The fourth-order valence-corrected chi connectivity index (χ4v) is 8.83. The SMILES string of the molecule is CCO[Si](OCC)(OCC)C(C)[Si](C)(C)C. The second-order valence-corrected chi connectivity index (χ2v) is 14.1. The molecule has 0 radical (unpaired) electrons. The molecule has 0 saturated heterocycles. The minimum absolute atomic E-state index is 0.430. The van der Waals surface area contributed by atoms with Gasteiger partial charge in [0.15, 0.2) is 0 Å². The van der Waals surface area contributed by atoms with Crippen LogP contribution in [0.2, 0.25) is 24.8 Å². The van der Waals surface area contributed by atoms with E-state index in [1.165, 1.54) is 0 Å². The first kappa shape index (κ1) is 16.3. The summed E-state index contributed by atoms with van der Waals surface area (Å²) >= 11 is 0. The molecule has 0 fully saturated rings. The van der Waals surface area contributed by atoms with E-state index in [-0.39, 0.29) is 0 Å². The lowest BCUT2D eigenvalue weighted by Gasteiger charge is -2.39. The summed E-state index contributed by atoms with van der Waals surface area (Å²) in [6.45, 7) is 17.3. The summed E-state index contributed by atoms with van der Waals surface area (Å²) in [4.78, 5) is 0. The third-order valence-electron chi connectivity index (χ3n) is 2.87. The molecular formula is C11H28O3Si2. The van der Waals surface area contributed by atoms with Gasteiger partial charge in [-0.15, -0.1) is 0 Å². The fraction of sp³-hybridized carbons (Fsp3) is 1.00. The lowest BCUT2D eigenvalue weighted by Crippen LogP contribution is -2.56. The van der Waals surface area contributed by atoms with Crippen LogP contribution < -0.4 is 0 Å². The Morgan fingerprint density at radius 1 is 0.812 bits per heavy atom. The molecule has 0 saturated carbocycles. The van der Waals surface area contributed by atoms with Crippen LogP contribution in [0.25, 0.3) is 0 Å². The van der Waals surface area contributed by atoms with E-state index in [1.54, 1.807) is 0 Å². The molecule has 0 heterocycles. The maximum Gasteiger partial charge on any atom is 0.501 e. The summed E-state index contributed by atoms with van der Waals surface area (Å²) in [6.07, 6.45) is 0. The number of hydrogen-bond donors (Lipinski definition) is 0. The van der Waals surface area contributed by atoms with Crippen molar-refractivity contribution in [3.8, 4) is 0 Å². The maximum absolute atomic E-state index is 5.93. The Kier molecular flexibility index (Phi) is 7.04. The topological polar surface area (TPSA) is 27.7 Å². The van der Waals surface area contributed by atoms with E-state index in [0.29, 0.717) is 25.0 Å². The van der Waals surface area contributed by atoms with Crippen molar-refractivity contribution in [2.45, 2.75) is 52.5 Å². The average Bonchev–Trinajstić information content (AvgIpc) is 2.16. The molecule has 0 aliphatic carbocycles. The molecule has 0 aromatic rings. The fourth-order valence-electron chi connectivity index (χ4n) is 1.63. The summed E-state index contributed by atoms with van der Waals surface area (Å²) in [5, 5.41) is 0.430. The molecule has 0 amide bonds. The van der Waals surface area contributed by atoms with Gasteiger partial charge in [-0.2, -0.15) is 0 Å². The molecule has 3 nitrogen and oxygen atoms in total. The molecule has 0 aromatic carbocycles. The Balaban J connectivity index is 4.98. The normalized spacial score (nSPS) is 15.2. The van der Waals surface area contributed by atoms with Gasteiger partial charge in [-0.05, 0) is 20.8 Å². The Morgan fingerprint density at radius 2 is 1.12 bits per heavy atom. The van der Waals surface area contributed by atoms with E-state index in [1.807, 2.05) is 20.8 Å². The van der Waals surface area contributed by atoms with Gasteiger partial charge in [0, 0.05) is 25.0 Å². The summed E-state index contributed by atoms with van der Waals surface area (Å²) < 4.78 is 17.8. The molecule has 0 spiro atoms. The van der Waals surface area contributed by atoms with E-state index in [0.717, 1.165) is 0 Å². The molecule has 16 heavy (non-hydrogen) atoms. The van der Waals surface area contributed by atoms with Crippen molar-refractivity contribution in [2.24, 2.45) is 0 Å². The van der Waals surface area contributed by atoms with Gasteiger partial charge >= 0.3 is 8.80 Å². The average molecular weight is 265 g/mol. The second-order valence-electron chi connectivity index (χ2n) is 4.99. The van der Waals surface area contributed by atoms with Crippen molar-refractivity contribution in [3.63, 3.8) is 0 Å². The van der Waals surface area contributed by atoms with E-state index in [4.69, 9.17) is 13.3 Å². The quantitative estimate of drug-likeness (QED) is 0.630. The molecule has 98 valence electrons. The van der Waals surface area contributed by atoms with Crippen molar-refractivity contribution < 1.29 is 13.3 Å². The van der Waals surface area contributed by atoms with Crippen LogP contribution in [0.5, 0.6) is 0 Å². The van der Waals surface area contributed by atoms with Crippen LogP contribution in [0.3, 0.4) is 0 Å². The second kappa shape index (κ2) is 6.91. The Hall–Kier alpha value is 0.314. The third-order valence-corrected chi connectivity index (χ3v) is 12.3. The van der Waals surface area contributed by atoms with Gasteiger partial charge in [-0.25, -0.2) is 0 Å².